The van der Waals surface area contributed by atoms with Gasteiger partial charge in [0.05, 0.1) is 24.2 Å². The monoisotopic (exact) mass is 505 g/mol. The summed E-state index contributed by atoms with van der Waals surface area (Å²) in [5, 5.41) is 3.31. The van der Waals surface area contributed by atoms with E-state index in [2.05, 4.69) is 5.32 Å². The summed E-state index contributed by atoms with van der Waals surface area (Å²) < 4.78 is 51.0. The van der Waals surface area contributed by atoms with Gasteiger partial charge in [0.1, 0.15) is 12.4 Å². The van der Waals surface area contributed by atoms with Crippen LogP contribution in [0.5, 0.6) is 5.75 Å². The Balaban J connectivity index is 1.32. The van der Waals surface area contributed by atoms with Crippen LogP contribution in [0.15, 0.2) is 42.5 Å². The Morgan fingerprint density at radius 2 is 1.86 bits per heavy atom. The van der Waals surface area contributed by atoms with Crippen molar-refractivity contribution in [2.45, 2.75) is 44.4 Å². The van der Waals surface area contributed by atoms with Crippen LogP contribution in [0.1, 0.15) is 36.0 Å². The zero-order chi connectivity index (χ0) is 25.5. The van der Waals surface area contributed by atoms with Gasteiger partial charge in [0, 0.05) is 18.8 Å². The fourth-order valence-corrected chi connectivity index (χ4v) is 4.84. The Kier molecular flexibility index (Phi) is 8.87. The molecule has 2 aromatic rings. The molecule has 4 rings (SSSR count). The van der Waals surface area contributed by atoms with E-state index in [-0.39, 0.29) is 12.5 Å². The summed E-state index contributed by atoms with van der Waals surface area (Å²) in [5.41, 5.74) is 7.32. The van der Waals surface area contributed by atoms with Gasteiger partial charge in [-0.05, 0) is 86.7 Å². The molecular weight excluding hydrogens is 471 g/mol. The number of aryl methyl sites for hydroxylation is 1. The number of carbonyl (C=O) groups excluding carboxylic acids is 1. The standard InChI is InChI=1S/C27H34F3N3O3/c28-27(29,30)22-5-8-25-20(17-22)2-1-13-33(25)26(34)21(18-31)16-19-3-6-23(7-4-19)35-14-15-36-24-9-11-32-12-10-24/h3-8,17,21,24,32H,1-2,9-16,18,31H2. The van der Waals surface area contributed by atoms with E-state index < -0.39 is 17.7 Å². The third kappa shape index (κ3) is 6.78. The summed E-state index contributed by atoms with van der Waals surface area (Å²) in [6.07, 6.45) is -0.495. The number of halogens is 3. The number of nitrogens with two attached hydrogens (primary N) is 1. The third-order valence-electron chi connectivity index (χ3n) is 6.82. The number of piperidine rings is 1. The molecule has 0 aromatic heterocycles. The predicted octanol–water partition coefficient (Wildman–Crippen LogP) is 3.95. The summed E-state index contributed by atoms with van der Waals surface area (Å²) in [6, 6.07) is 11.2. The van der Waals surface area contributed by atoms with Crippen molar-refractivity contribution in [2.24, 2.45) is 11.7 Å². The highest BCUT2D eigenvalue weighted by Crippen LogP contribution is 2.35. The zero-order valence-electron chi connectivity index (χ0n) is 20.4. The molecule has 2 aromatic carbocycles. The number of rotatable bonds is 9. The lowest BCUT2D eigenvalue weighted by Crippen LogP contribution is -2.42. The molecule has 0 spiro atoms. The molecule has 0 saturated carbocycles. The van der Waals surface area contributed by atoms with Gasteiger partial charge < -0.3 is 25.4 Å². The normalized spacial score (nSPS) is 17.5. The number of carbonyl (C=O) groups is 1. The van der Waals surface area contributed by atoms with Crippen molar-refractivity contribution in [3.05, 3.63) is 59.2 Å². The molecule has 2 aliphatic heterocycles. The van der Waals surface area contributed by atoms with Crippen LogP contribution in [0.2, 0.25) is 0 Å². The highest BCUT2D eigenvalue weighted by atomic mass is 19.4. The minimum Gasteiger partial charge on any atom is -0.491 e. The van der Waals surface area contributed by atoms with E-state index in [4.69, 9.17) is 15.2 Å². The van der Waals surface area contributed by atoms with E-state index >= 15 is 0 Å². The maximum atomic E-state index is 13.3. The van der Waals surface area contributed by atoms with E-state index in [1.54, 1.807) is 4.90 Å². The molecule has 1 fully saturated rings. The van der Waals surface area contributed by atoms with E-state index in [9.17, 15) is 18.0 Å². The Labute approximate surface area is 209 Å². The number of alkyl halides is 3. The number of nitrogens with one attached hydrogen (secondary N) is 1. The van der Waals surface area contributed by atoms with Crippen molar-refractivity contribution in [3.63, 3.8) is 0 Å². The molecule has 1 saturated heterocycles. The molecule has 196 valence electrons. The van der Waals surface area contributed by atoms with Crippen molar-refractivity contribution in [3.8, 4) is 5.75 Å². The summed E-state index contributed by atoms with van der Waals surface area (Å²) in [4.78, 5) is 14.9. The van der Waals surface area contributed by atoms with Crippen molar-refractivity contribution in [1.29, 1.82) is 0 Å². The smallest absolute Gasteiger partial charge is 0.416 e. The van der Waals surface area contributed by atoms with Crippen molar-refractivity contribution in [1.82, 2.24) is 5.32 Å². The molecule has 36 heavy (non-hydrogen) atoms. The molecule has 0 aliphatic carbocycles. The summed E-state index contributed by atoms with van der Waals surface area (Å²) in [7, 11) is 0. The van der Waals surface area contributed by atoms with Gasteiger partial charge >= 0.3 is 6.18 Å². The van der Waals surface area contributed by atoms with E-state index in [0.717, 1.165) is 49.4 Å². The molecule has 6 nitrogen and oxygen atoms in total. The van der Waals surface area contributed by atoms with Crippen LogP contribution in [0.25, 0.3) is 0 Å². The average Bonchev–Trinajstić information content (AvgIpc) is 2.89. The number of amides is 1. The fraction of sp³-hybridized carbons (Fsp3) is 0.519. The fourth-order valence-electron chi connectivity index (χ4n) is 4.84. The first-order chi connectivity index (χ1) is 17.3. The van der Waals surface area contributed by atoms with Crippen LogP contribution >= 0.6 is 0 Å². The molecule has 1 amide bonds. The van der Waals surface area contributed by atoms with Gasteiger partial charge in [-0.2, -0.15) is 13.2 Å². The number of nitrogens with zero attached hydrogens (tertiary/aromatic N) is 1. The summed E-state index contributed by atoms with van der Waals surface area (Å²) >= 11 is 0. The Bertz CT molecular complexity index is 1010. The number of hydrogen-bond donors (Lipinski definition) is 2. The van der Waals surface area contributed by atoms with Gasteiger partial charge in [0.15, 0.2) is 0 Å². The zero-order valence-corrected chi connectivity index (χ0v) is 20.4. The first-order valence-corrected chi connectivity index (χ1v) is 12.6. The maximum absolute atomic E-state index is 13.3. The van der Waals surface area contributed by atoms with Gasteiger partial charge in [-0.25, -0.2) is 0 Å². The molecule has 3 N–H and O–H groups in total. The molecule has 0 radical (unpaired) electrons. The molecule has 1 unspecified atom stereocenters. The van der Waals surface area contributed by atoms with Crippen molar-refractivity contribution < 1.29 is 27.4 Å². The summed E-state index contributed by atoms with van der Waals surface area (Å²) in [6.45, 7) is 3.61. The second-order valence-electron chi connectivity index (χ2n) is 9.38. The molecule has 2 aliphatic rings. The minimum atomic E-state index is -4.41. The minimum absolute atomic E-state index is 0.150. The first kappa shape index (κ1) is 26.4. The topological polar surface area (TPSA) is 76.8 Å². The Morgan fingerprint density at radius 3 is 2.56 bits per heavy atom. The molecular formula is C27H34F3N3O3. The lowest BCUT2D eigenvalue weighted by molar-refractivity contribution is -0.137. The highest BCUT2D eigenvalue weighted by Gasteiger charge is 2.33. The second-order valence-corrected chi connectivity index (χ2v) is 9.38. The van der Waals surface area contributed by atoms with E-state index in [1.807, 2.05) is 24.3 Å². The number of benzene rings is 2. The Hall–Kier alpha value is -2.62. The van der Waals surface area contributed by atoms with Crippen LogP contribution in [0.4, 0.5) is 18.9 Å². The SMILES string of the molecule is NCC(Cc1ccc(OCCOC2CCNCC2)cc1)C(=O)N1CCCc2cc(C(F)(F)F)ccc21. The van der Waals surface area contributed by atoms with Gasteiger partial charge in [0.2, 0.25) is 5.91 Å². The highest BCUT2D eigenvalue weighted by molar-refractivity contribution is 5.96. The Morgan fingerprint density at radius 1 is 1.11 bits per heavy atom. The number of ether oxygens (including phenoxy) is 2. The van der Waals surface area contributed by atoms with Crippen LogP contribution in [-0.2, 0) is 28.5 Å². The first-order valence-electron chi connectivity index (χ1n) is 12.6. The van der Waals surface area contributed by atoms with Crippen molar-refractivity contribution in [2.75, 3.05) is 44.3 Å². The molecule has 0 bridgehead atoms. The van der Waals surface area contributed by atoms with Gasteiger partial charge in [-0.15, -0.1) is 0 Å². The molecule has 1 atom stereocenters. The van der Waals surface area contributed by atoms with Crippen LogP contribution in [0.3, 0.4) is 0 Å². The van der Waals surface area contributed by atoms with Crippen LogP contribution in [0, 0.1) is 5.92 Å². The molecule has 9 heteroatoms. The third-order valence-corrected chi connectivity index (χ3v) is 6.82. The second kappa shape index (κ2) is 12.1. The quantitative estimate of drug-likeness (QED) is 0.505. The van der Waals surface area contributed by atoms with Crippen molar-refractivity contribution >= 4 is 11.6 Å². The van der Waals surface area contributed by atoms with Gasteiger partial charge in [0.25, 0.3) is 0 Å². The lowest BCUT2D eigenvalue weighted by atomic mass is 9.94. The lowest BCUT2D eigenvalue weighted by Gasteiger charge is -2.32. The van der Waals surface area contributed by atoms with Crippen LogP contribution < -0.4 is 20.7 Å². The number of hydrogen-bond acceptors (Lipinski definition) is 5. The van der Waals surface area contributed by atoms with Gasteiger partial charge in [-0.3, -0.25) is 4.79 Å². The molecule has 2 heterocycles. The largest absolute Gasteiger partial charge is 0.491 e. The number of fused-ring (bicyclic) bond motifs is 1. The van der Waals surface area contributed by atoms with Gasteiger partial charge in [-0.1, -0.05) is 12.1 Å². The average molecular weight is 506 g/mol. The predicted molar refractivity (Wildman–Crippen MR) is 132 cm³/mol. The van der Waals surface area contributed by atoms with Crippen LogP contribution in [-0.4, -0.2) is 51.4 Å². The van der Waals surface area contributed by atoms with E-state index in [1.165, 1.54) is 6.07 Å². The van der Waals surface area contributed by atoms with E-state index in [0.29, 0.717) is 56.4 Å². The maximum Gasteiger partial charge on any atom is 0.416 e. The number of anilines is 1. The summed E-state index contributed by atoms with van der Waals surface area (Å²) in [5.74, 6) is 0.103.